The van der Waals surface area contributed by atoms with E-state index in [9.17, 15) is 23.1 Å². The fourth-order valence-electron chi connectivity index (χ4n) is 6.04. The standard InChI is InChI=1S/C26H36N6O5S/c1-15-21-19(12-20(23(15)27)25(35)17-6-5-8-31(13-17)14-30-28)22(16(2)34)26(38(29,36)37)18(7-11-33)24(21)32-9-3-4-10-32/h11-12,14,16-17,34H,3-10,13,27-28H2,1-2H3,(H2,29,36,37). The van der Waals surface area contributed by atoms with E-state index in [4.69, 9.17) is 16.7 Å². The number of aliphatic hydroxyl groups excluding tert-OH is 1. The summed E-state index contributed by atoms with van der Waals surface area (Å²) in [6.07, 6.45) is 3.94. The fourth-order valence-corrected chi connectivity index (χ4v) is 7.15. The van der Waals surface area contributed by atoms with Crippen LogP contribution in [0.2, 0.25) is 0 Å². The van der Waals surface area contributed by atoms with Crippen molar-refractivity contribution in [3.05, 3.63) is 28.3 Å². The Morgan fingerprint density at radius 1 is 1.26 bits per heavy atom. The maximum absolute atomic E-state index is 13.8. The van der Waals surface area contributed by atoms with Crippen molar-refractivity contribution in [1.82, 2.24) is 4.90 Å². The zero-order chi connectivity index (χ0) is 27.8. The van der Waals surface area contributed by atoms with Crippen molar-refractivity contribution in [1.29, 1.82) is 0 Å². The lowest BCUT2D eigenvalue weighted by atomic mass is 9.84. The normalized spacial score (nSPS) is 19.4. The van der Waals surface area contributed by atoms with Gasteiger partial charge in [0.05, 0.1) is 11.0 Å². The van der Waals surface area contributed by atoms with Crippen LogP contribution in [0.5, 0.6) is 0 Å². The molecule has 2 heterocycles. The number of benzene rings is 2. The summed E-state index contributed by atoms with van der Waals surface area (Å²) >= 11 is 0. The van der Waals surface area contributed by atoms with E-state index in [0.29, 0.717) is 60.1 Å². The number of sulfonamides is 1. The van der Waals surface area contributed by atoms with Crippen molar-refractivity contribution >= 4 is 50.6 Å². The van der Waals surface area contributed by atoms with Crippen molar-refractivity contribution in [2.45, 2.75) is 57.0 Å². The molecule has 4 rings (SSSR count). The summed E-state index contributed by atoms with van der Waals surface area (Å²) in [5, 5.41) is 21.2. The number of rotatable bonds is 8. The third-order valence-corrected chi connectivity index (χ3v) is 8.73. The third-order valence-electron chi connectivity index (χ3n) is 7.69. The molecule has 12 heteroatoms. The van der Waals surface area contributed by atoms with Gasteiger partial charge in [-0.15, -0.1) is 0 Å². The van der Waals surface area contributed by atoms with Gasteiger partial charge in [0.25, 0.3) is 0 Å². The molecule has 38 heavy (non-hydrogen) atoms. The second kappa shape index (κ2) is 10.9. The number of ketones is 1. The first kappa shape index (κ1) is 27.8. The number of anilines is 2. The number of nitrogens with zero attached hydrogens (tertiary/aromatic N) is 3. The van der Waals surface area contributed by atoms with Crippen LogP contribution in [0, 0.1) is 12.8 Å². The summed E-state index contributed by atoms with van der Waals surface area (Å²) in [4.78, 5) is 29.2. The minimum atomic E-state index is -4.36. The van der Waals surface area contributed by atoms with Gasteiger partial charge in [0, 0.05) is 72.0 Å². The van der Waals surface area contributed by atoms with Gasteiger partial charge in [-0.25, -0.2) is 13.6 Å². The molecule has 2 aliphatic heterocycles. The van der Waals surface area contributed by atoms with E-state index in [-0.39, 0.29) is 39.7 Å². The summed E-state index contributed by atoms with van der Waals surface area (Å²) in [6.45, 7) is 5.73. The molecule has 11 nitrogen and oxygen atoms in total. The van der Waals surface area contributed by atoms with Crippen LogP contribution in [0.3, 0.4) is 0 Å². The highest BCUT2D eigenvalue weighted by Crippen LogP contribution is 2.46. The average molecular weight is 545 g/mol. The molecule has 2 fully saturated rings. The molecule has 2 saturated heterocycles. The van der Waals surface area contributed by atoms with Crippen LogP contribution < -0.4 is 21.6 Å². The molecule has 0 spiro atoms. The van der Waals surface area contributed by atoms with Gasteiger partial charge in [-0.05, 0) is 56.5 Å². The first-order chi connectivity index (χ1) is 18.0. The maximum atomic E-state index is 13.8. The Morgan fingerprint density at radius 2 is 1.95 bits per heavy atom. The van der Waals surface area contributed by atoms with Crippen LogP contribution in [0.15, 0.2) is 16.1 Å². The van der Waals surface area contributed by atoms with Gasteiger partial charge in [-0.1, -0.05) is 0 Å². The number of carbonyl (C=O) groups is 2. The van der Waals surface area contributed by atoms with Crippen molar-refractivity contribution in [2.24, 2.45) is 22.0 Å². The van der Waals surface area contributed by atoms with Gasteiger partial charge >= 0.3 is 0 Å². The van der Waals surface area contributed by atoms with Gasteiger partial charge in [-0.3, -0.25) is 4.79 Å². The number of nitrogens with two attached hydrogens (primary N) is 3. The summed E-state index contributed by atoms with van der Waals surface area (Å²) in [5.41, 5.74) is 8.67. The molecule has 0 bridgehead atoms. The van der Waals surface area contributed by atoms with Gasteiger partial charge in [0.1, 0.15) is 12.6 Å². The highest BCUT2D eigenvalue weighted by Gasteiger charge is 2.34. The number of primary sulfonamides is 1. The first-order valence-electron chi connectivity index (χ1n) is 12.8. The molecule has 0 radical (unpaired) electrons. The minimum absolute atomic E-state index is 0.0694. The molecule has 0 amide bonds. The highest BCUT2D eigenvalue weighted by molar-refractivity contribution is 7.89. The molecule has 206 valence electrons. The number of carbonyl (C=O) groups excluding carboxylic acids is 2. The van der Waals surface area contributed by atoms with Crippen LogP contribution in [0.4, 0.5) is 11.4 Å². The zero-order valence-electron chi connectivity index (χ0n) is 21.8. The van der Waals surface area contributed by atoms with E-state index in [1.807, 2.05) is 9.80 Å². The largest absolute Gasteiger partial charge is 0.398 e. The Balaban J connectivity index is 2.07. The van der Waals surface area contributed by atoms with E-state index in [2.05, 4.69) is 5.10 Å². The monoisotopic (exact) mass is 544 g/mol. The summed E-state index contributed by atoms with van der Waals surface area (Å²) in [7, 11) is -4.36. The van der Waals surface area contributed by atoms with Crippen LogP contribution >= 0.6 is 0 Å². The van der Waals surface area contributed by atoms with E-state index in [1.54, 1.807) is 13.0 Å². The van der Waals surface area contributed by atoms with Gasteiger partial charge < -0.3 is 31.3 Å². The van der Waals surface area contributed by atoms with Crippen molar-refractivity contribution < 1.29 is 23.1 Å². The number of nitrogen functional groups attached to an aromatic ring is 1. The van der Waals surface area contributed by atoms with Crippen molar-refractivity contribution in [2.75, 3.05) is 36.8 Å². The van der Waals surface area contributed by atoms with Crippen molar-refractivity contribution in [3.63, 3.8) is 0 Å². The lowest BCUT2D eigenvalue weighted by molar-refractivity contribution is -0.107. The minimum Gasteiger partial charge on any atom is -0.398 e. The Kier molecular flexibility index (Phi) is 7.96. The molecule has 2 aromatic carbocycles. The fraction of sp³-hybridized carbons (Fsp3) is 0.500. The quantitative estimate of drug-likeness (QED) is 0.0728. The maximum Gasteiger partial charge on any atom is 0.238 e. The molecule has 0 aromatic heterocycles. The van der Waals surface area contributed by atoms with E-state index in [0.717, 1.165) is 25.8 Å². The van der Waals surface area contributed by atoms with E-state index in [1.165, 1.54) is 13.3 Å². The second-order valence-corrected chi connectivity index (χ2v) is 11.7. The van der Waals surface area contributed by atoms with Crippen LogP contribution in [0.25, 0.3) is 10.8 Å². The number of likely N-dealkylation sites (tertiary alicyclic amines) is 1. The molecule has 2 unspecified atom stereocenters. The Labute approximate surface area is 222 Å². The number of aryl methyl sites for hydroxylation is 1. The molecule has 0 aliphatic carbocycles. The lowest BCUT2D eigenvalue weighted by Crippen LogP contribution is -2.38. The number of piperidine rings is 1. The molecular formula is C26H36N6O5S. The molecular weight excluding hydrogens is 508 g/mol. The van der Waals surface area contributed by atoms with Gasteiger partial charge in [0.15, 0.2) is 5.78 Å². The number of aldehydes is 1. The topological polar surface area (TPSA) is 185 Å². The third kappa shape index (κ3) is 4.95. The smallest absolute Gasteiger partial charge is 0.238 e. The number of aliphatic hydroxyl groups is 1. The number of hydrogen-bond donors (Lipinski definition) is 4. The second-order valence-electron chi connectivity index (χ2n) is 10.2. The molecule has 2 aromatic rings. The summed E-state index contributed by atoms with van der Waals surface area (Å²) in [6, 6.07) is 1.59. The van der Waals surface area contributed by atoms with Crippen LogP contribution in [-0.4, -0.2) is 63.0 Å². The van der Waals surface area contributed by atoms with E-state index < -0.39 is 16.1 Å². The first-order valence-corrected chi connectivity index (χ1v) is 14.4. The Morgan fingerprint density at radius 3 is 2.53 bits per heavy atom. The number of hydrogen-bond acceptors (Lipinski definition) is 9. The van der Waals surface area contributed by atoms with Crippen molar-refractivity contribution in [3.8, 4) is 0 Å². The summed E-state index contributed by atoms with van der Waals surface area (Å²) < 4.78 is 26.0. The predicted molar refractivity (Wildman–Crippen MR) is 148 cm³/mol. The number of fused-ring (bicyclic) bond motifs is 1. The Bertz CT molecular complexity index is 1400. The Hall–Kier alpha value is -3.22. The predicted octanol–water partition coefficient (Wildman–Crippen LogP) is 1.57. The lowest BCUT2D eigenvalue weighted by Gasteiger charge is -2.31. The highest BCUT2D eigenvalue weighted by atomic mass is 32.2. The van der Waals surface area contributed by atoms with Crippen LogP contribution in [0.1, 0.15) is 65.8 Å². The van der Waals surface area contributed by atoms with Crippen LogP contribution in [-0.2, 0) is 21.2 Å². The molecule has 7 N–H and O–H groups in total. The van der Waals surface area contributed by atoms with Gasteiger partial charge in [-0.2, -0.15) is 5.10 Å². The molecule has 0 saturated carbocycles. The zero-order valence-corrected chi connectivity index (χ0v) is 22.6. The van der Waals surface area contributed by atoms with Gasteiger partial charge in [0.2, 0.25) is 10.0 Å². The molecule has 2 atom stereocenters. The summed E-state index contributed by atoms with van der Waals surface area (Å²) in [5.74, 6) is 4.78. The average Bonchev–Trinajstić information content (AvgIpc) is 3.39. The molecule has 2 aliphatic rings. The number of Topliss-reactive ketones (excluding diaryl/α,β-unsaturated/α-hetero) is 1. The number of hydrazone groups is 1. The van der Waals surface area contributed by atoms with E-state index >= 15 is 0 Å². The SMILES string of the molecule is Cc1c(N)c(C(=O)C2CCCN(C=NN)C2)cc2c(C(C)O)c(S(N)(=O)=O)c(CC=O)c(N3CCCC3)c12.